The highest BCUT2D eigenvalue weighted by molar-refractivity contribution is 5.93. The Morgan fingerprint density at radius 3 is 2.72 bits per heavy atom. The first kappa shape index (κ1) is 20.5. The van der Waals surface area contributed by atoms with Crippen LogP contribution in [0.15, 0.2) is 36.9 Å². The van der Waals surface area contributed by atoms with Crippen molar-refractivity contribution in [1.82, 2.24) is 30.1 Å². The first-order valence-corrected chi connectivity index (χ1v) is 9.49. The summed E-state index contributed by atoms with van der Waals surface area (Å²) in [5, 5.41) is 11.0. The topological polar surface area (TPSA) is 92.6 Å². The van der Waals surface area contributed by atoms with Crippen LogP contribution in [0.1, 0.15) is 16.2 Å². The van der Waals surface area contributed by atoms with E-state index in [-0.39, 0.29) is 11.8 Å². The summed E-state index contributed by atoms with van der Waals surface area (Å²) >= 11 is 0. The van der Waals surface area contributed by atoms with E-state index in [1.54, 1.807) is 22.8 Å². The molecule has 0 unspecified atom stereocenters. The minimum absolute atomic E-state index is 0.0400. The van der Waals surface area contributed by atoms with Gasteiger partial charge < -0.3 is 15.0 Å². The van der Waals surface area contributed by atoms with E-state index in [0.29, 0.717) is 56.4 Å². The minimum Gasteiger partial charge on any atom is -0.497 e. The number of piperazine rings is 1. The molecule has 1 N–H and O–H groups in total. The lowest BCUT2D eigenvalue weighted by molar-refractivity contribution is -0.122. The van der Waals surface area contributed by atoms with Gasteiger partial charge in [0.15, 0.2) is 5.69 Å². The van der Waals surface area contributed by atoms with Crippen LogP contribution in [0.4, 0.5) is 0 Å². The Kier molecular flexibility index (Phi) is 6.61. The number of nitrogens with one attached hydrogen (secondary N) is 1. The lowest BCUT2D eigenvalue weighted by atomic mass is 10.2. The standard InChI is InChI=1S/C20H26N6O3/c1-4-8-21-18(27)14-24-9-11-25(12-10-24)20(28)19-15(2)26(23-22-19)16-6-5-7-17(13-16)29-3/h4-7,13H,1,8-12,14H2,2-3H3,(H,21,27). The lowest BCUT2D eigenvalue weighted by Crippen LogP contribution is -2.51. The average molecular weight is 398 g/mol. The molecule has 1 aliphatic rings. The summed E-state index contributed by atoms with van der Waals surface area (Å²) in [5.41, 5.74) is 1.79. The minimum atomic E-state index is -0.146. The van der Waals surface area contributed by atoms with Crippen LogP contribution >= 0.6 is 0 Å². The highest BCUT2D eigenvalue weighted by Crippen LogP contribution is 2.19. The Balaban J connectivity index is 1.62. The first-order chi connectivity index (χ1) is 14.0. The van der Waals surface area contributed by atoms with Crippen LogP contribution in [-0.2, 0) is 4.79 Å². The van der Waals surface area contributed by atoms with Crippen molar-refractivity contribution in [3.05, 3.63) is 48.3 Å². The Morgan fingerprint density at radius 2 is 2.03 bits per heavy atom. The molecule has 2 amide bonds. The molecule has 0 saturated carbocycles. The van der Waals surface area contributed by atoms with Crippen LogP contribution in [0.5, 0.6) is 5.75 Å². The van der Waals surface area contributed by atoms with E-state index in [0.717, 1.165) is 5.69 Å². The predicted octanol–water partition coefficient (Wildman–Crippen LogP) is 0.644. The van der Waals surface area contributed by atoms with Gasteiger partial charge in [0.05, 0.1) is 25.0 Å². The summed E-state index contributed by atoms with van der Waals surface area (Å²) in [6, 6.07) is 7.43. The molecule has 29 heavy (non-hydrogen) atoms. The summed E-state index contributed by atoms with van der Waals surface area (Å²) in [7, 11) is 1.60. The number of hydrogen-bond donors (Lipinski definition) is 1. The largest absolute Gasteiger partial charge is 0.497 e. The number of carbonyl (C=O) groups excluding carboxylic acids is 2. The molecular formula is C20H26N6O3. The zero-order chi connectivity index (χ0) is 20.8. The number of benzene rings is 1. The lowest BCUT2D eigenvalue weighted by Gasteiger charge is -2.33. The molecule has 2 aromatic rings. The Bertz CT molecular complexity index is 886. The zero-order valence-electron chi connectivity index (χ0n) is 16.8. The molecule has 1 saturated heterocycles. The molecule has 1 aromatic heterocycles. The van der Waals surface area contributed by atoms with Gasteiger partial charge in [0, 0.05) is 38.8 Å². The Morgan fingerprint density at radius 1 is 1.28 bits per heavy atom. The van der Waals surface area contributed by atoms with Crippen molar-refractivity contribution >= 4 is 11.8 Å². The molecule has 0 aliphatic carbocycles. The Hall–Kier alpha value is -3.20. The maximum Gasteiger partial charge on any atom is 0.276 e. The fourth-order valence-electron chi connectivity index (χ4n) is 3.22. The normalized spacial score (nSPS) is 14.5. The molecule has 9 heteroatoms. The number of carbonyl (C=O) groups is 2. The van der Waals surface area contributed by atoms with Crippen LogP contribution in [0.3, 0.4) is 0 Å². The van der Waals surface area contributed by atoms with E-state index in [9.17, 15) is 9.59 Å². The summed E-state index contributed by atoms with van der Waals surface area (Å²) in [6.07, 6.45) is 1.65. The van der Waals surface area contributed by atoms with Crippen LogP contribution in [-0.4, -0.2) is 83.0 Å². The number of ether oxygens (including phenoxy) is 1. The maximum absolute atomic E-state index is 12.9. The van der Waals surface area contributed by atoms with Crippen molar-refractivity contribution in [2.24, 2.45) is 0 Å². The summed E-state index contributed by atoms with van der Waals surface area (Å²) < 4.78 is 6.88. The fourth-order valence-corrected chi connectivity index (χ4v) is 3.22. The van der Waals surface area contributed by atoms with E-state index < -0.39 is 0 Å². The first-order valence-electron chi connectivity index (χ1n) is 9.49. The molecule has 1 aliphatic heterocycles. The van der Waals surface area contributed by atoms with Gasteiger partial charge in [-0.25, -0.2) is 4.68 Å². The number of amides is 2. The number of nitrogens with zero attached hydrogens (tertiary/aromatic N) is 5. The van der Waals surface area contributed by atoms with Crippen molar-refractivity contribution in [3.8, 4) is 11.4 Å². The van der Waals surface area contributed by atoms with Crippen molar-refractivity contribution in [2.45, 2.75) is 6.92 Å². The number of rotatable bonds is 7. The van der Waals surface area contributed by atoms with Crippen LogP contribution < -0.4 is 10.1 Å². The van der Waals surface area contributed by atoms with Crippen molar-refractivity contribution in [2.75, 3.05) is 46.4 Å². The van der Waals surface area contributed by atoms with Gasteiger partial charge >= 0.3 is 0 Å². The van der Waals surface area contributed by atoms with Crippen molar-refractivity contribution < 1.29 is 14.3 Å². The highest BCUT2D eigenvalue weighted by atomic mass is 16.5. The van der Waals surface area contributed by atoms with E-state index in [4.69, 9.17) is 4.74 Å². The zero-order valence-corrected chi connectivity index (χ0v) is 16.8. The average Bonchev–Trinajstić information content (AvgIpc) is 3.13. The Labute approximate surface area is 169 Å². The molecule has 0 radical (unpaired) electrons. The van der Waals surface area contributed by atoms with Gasteiger partial charge in [-0.1, -0.05) is 17.4 Å². The number of methoxy groups -OCH3 is 1. The second kappa shape index (κ2) is 9.33. The molecule has 1 fully saturated rings. The summed E-state index contributed by atoms with van der Waals surface area (Å²) in [5.74, 6) is 0.521. The van der Waals surface area contributed by atoms with E-state index in [2.05, 4.69) is 22.2 Å². The van der Waals surface area contributed by atoms with E-state index in [1.165, 1.54) is 0 Å². The summed E-state index contributed by atoms with van der Waals surface area (Å²) in [6.45, 7) is 8.54. The molecule has 0 atom stereocenters. The van der Waals surface area contributed by atoms with Crippen LogP contribution in [0.25, 0.3) is 5.69 Å². The molecule has 2 heterocycles. The molecule has 1 aromatic carbocycles. The molecule has 0 spiro atoms. The number of aromatic nitrogens is 3. The van der Waals surface area contributed by atoms with Gasteiger partial charge in [-0.3, -0.25) is 14.5 Å². The molecule has 154 valence electrons. The van der Waals surface area contributed by atoms with Gasteiger partial charge in [-0.15, -0.1) is 11.7 Å². The molecule has 3 rings (SSSR count). The van der Waals surface area contributed by atoms with Crippen molar-refractivity contribution in [1.29, 1.82) is 0 Å². The smallest absolute Gasteiger partial charge is 0.276 e. The quantitative estimate of drug-likeness (QED) is 0.689. The third-order valence-electron chi connectivity index (χ3n) is 4.87. The highest BCUT2D eigenvalue weighted by Gasteiger charge is 2.27. The second-order valence-electron chi connectivity index (χ2n) is 6.80. The monoisotopic (exact) mass is 398 g/mol. The van der Waals surface area contributed by atoms with Crippen LogP contribution in [0, 0.1) is 6.92 Å². The summed E-state index contributed by atoms with van der Waals surface area (Å²) in [4.78, 5) is 28.5. The number of hydrogen-bond acceptors (Lipinski definition) is 6. The van der Waals surface area contributed by atoms with Gasteiger partial charge in [-0.05, 0) is 19.1 Å². The van der Waals surface area contributed by atoms with Gasteiger partial charge in [0.25, 0.3) is 5.91 Å². The molecular weight excluding hydrogens is 372 g/mol. The van der Waals surface area contributed by atoms with Crippen molar-refractivity contribution in [3.63, 3.8) is 0 Å². The fraction of sp³-hybridized carbons (Fsp3) is 0.400. The maximum atomic E-state index is 12.9. The molecule has 9 nitrogen and oxygen atoms in total. The predicted molar refractivity (Wildman–Crippen MR) is 108 cm³/mol. The van der Waals surface area contributed by atoms with Gasteiger partial charge in [0.2, 0.25) is 5.91 Å². The van der Waals surface area contributed by atoms with Crippen LogP contribution in [0.2, 0.25) is 0 Å². The molecule has 0 bridgehead atoms. The third kappa shape index (κ3) is 4.80. The van der Waals surface area contributed by atoms with Gasteiger partial charge in [-0.2, -0.15) is 0 Å². The SMILES string of the molecule is C=CCNC(=O)CN1CCN(C(=O)c2nnn(-c3cccc(OC)c3)c2C)CC1. The van der Waals surface area contributed by atoms with E-state index in [1.807, 2.05) is 36.1 Å². The third-order valence-corrected chi connectivity index (χ3v) is 4.87. The second-order valence-corrected chi connectivity index (χ2v) is 6.80. The van der Waals surface area contributed by atoms with Gasteiger partial charge in [0.1, 0.15) is 5.75 Å². The van der Waals surface area contributed by atoms with E-state index >= 15 is 0 Å².